The van der Waals surface area contributed by atoms with Gasteiger partial charge in [-0.2, -0.15) is 0 Å². The molecule has 21 heavy (non-hydrogen) atoms. The summed E-state index contributed by atoms with van der Waals surface area (Å²) < 4.78 is 5.24. The maximum absolute atomic E-state index is 12.9. The van der Waals surface area contributed by atoms with E-state index in [0.29, 0.717) is 5.78 Å². The van der Waals surface area contributed by atoms with E-state index in [1.54, 1.807) is 7.11 Å². The summed E-state index contributed by atoms with van der Waals surface area (Å²) in [5, 5.41) is 2.21. The monoisotopic (exact) mass is 282 g/mol. The van der Waals surface area contributed by atoms with Gasteiger partial charge in [-0.15, -0.1) is 0 Å². The predicted octanol–water partition coefficient (Wildman–Crippen LogP) is 5.00. The Morgan fingerprint density at radius 1 is 1.00 bits per heavy atom. The minimum atomic E-state index is -0.168. The van der Waals surface area contributed by atoms with Crippen LogP contribution >= 0.6 is 0 Å². The molecule has 2 heteroatoms. The van der Waals surface area contributed by atoms with Crippen LogP contribution in [-0.2, 0) is 0 Å². The number of rotatable bonds is 3. The van der Waals surface area contributed by atoms with E-state index in [9.17, 15) is 4.79 Å². The summed E-state index contributed by atoms with van der Waals surface area (Å²) in [5.74, 6) is 1.15. The molecule has 110 valence electrons. The molecule has 0 unspecified atom stereocenters. The molecular formula is C19H22O2. The minimum Gasteiger partial charge on any atom is -0.497 e. The zero-order valence-electron chi connectivity index (χ0n) is 12.8. The van der Waals surface area contributed by atoms with Gasteiger partial charge >= 0.3 is 0 Å². The molecule has 0 heterocycles. The average Bonchev–Trinajstić information content (AvgIpc) is 2.53. The Morgan fingerprint density at radius 2 is 1.67 bits per heavy atom. The Balaban J connectivity index is 1.95. The summed E-state index contributed by atoms with van der Waals surface area (Å²) in [6, 6.07) is 12.0. The van der Waals surface area contributed by atoms with Crippen molar-refractivity contribution in [2.45, 2.75) is 39.0 Å². The Morgan fingerprint density at radius 3 is 2.38 bits per heavy atom. The van der Waals surface area contributed by atoms with Crippen molar-refractivity contribution in [1.82, 2.24) is 0 Å². The second-order valence-electron chi connectivity index (χ2n) is 6.38. The van der Waals surface area contributed by atoms with E-state index in [0.717, 1.165) is 34.9 Å². The van der Waals surface area contributed by atoms with Crippen LogP contribution in [0.3, 0.4) is 0 Å². The summed E-state index contributed by atoms with van der Waals surface area (Å²) in [6.45, 7) is 2.13. The zero-order chi connectivity index (χ0) is 14.9. The van der Waals surface area contributed by atoms with E-state index >= 15 is 0 Å². The van der Waals surface area contributed by atoms with Crippen LogP contribution in [0, 0.1) is 5.41 Å². The van der Waals surface area contributed by atoms with E-state index in [2.05, 4.69) is 6.92 Å². The molecular weight excluding hydrogens is 260 g/mol. The van der Waals surface area contributed by atoms with Gasteiger partial charge in [0.05, 0.1) is 7.11 Å². The smallest absolute Gasteiger partial charge is 0.168 e. The first-order valence-electron chi connectivity index (χ1n) is 7.75. The molecule has 2 aromatic rings. The number of carbonyl (C=O) groups excluding carboxylic acids is 1. The van der Waals surface area contributed by atoms with Gasteiger partial charge in [-0.25, -0.2) is 0 Å². The van der Waals surface area contributed by atoms with Crippen molar-refractivity contribution in [3.8, 4) is 5.75 Å². The van der Waals surface area contributed by atoms with Crippen LogP contribution in [0.1, 0.15) is 49.4 Å². The first kappa shape index (κ1) is 14.1. The van der Waals surface area contributed by atoms with Crippen molar-refractivity contribution >= 4 is 16.6 Å². The van der Waals surface area contributed by atoms with Gasteiger partial charge in [0.25, 0.3) is 0 Å². The molecule has 2 aromatic carbocycles. The third-order valence-corrected chi connectivity index (χ3v) is 4.81. The average molecular weight is 282 g/mol. The summed E-state index contributed by atoms with van der Waals surface area (Å²) in [7, 11) is 1.67. The Labute approximate surface area is 126 Å². The molecule has 1 saturated carbocycles. The lowest BCUT2D eigenvalue weighted by Crippen LogP contribution is -2.30. The number of benzene rings is 2. The van der Waals surface area contributed by atoms with Gasteiger partial charge in [0.15, 0.2) is 5.78 Å². The fourth-order valence-electron chi connectivity index (χ4n) is 3.40. The maximum atomic E-state index is 12.9. The first-order chi connectivity index (χ1) is 10.1. The molecule has 0 bridgehead atoms. The Bertz CT molecular complexity index is 666. The van der Waals surface area contributed by atoms with Crippen LogP contribution in [0.4, 0.5) is 0 Å². The van der Waals surface area contributed by atoms with Crippen molar-refractivity contribution in [1.29, 1.82) is 0 Å². The van der Waals surface area contributed by atoms with Gasteiger partial charge in [0, 0.05) is 11.0 Å². The number of fused-ring (bicyclic) bond motifs is 1. The maximum Gasteiger partial charge on any atom is 0.168 e. The number of ketones is 1. The highest BCUT2D eigenvalue weighted by molar-refractivity contribution is 6.03. The van der Waals surface area contributed by atoms with Gasteiger partial charge < -0.3 is 4.74 Å². The van der Waals surface area contributed by atoms with Crippen LogP contribution in [0.15, 0.2) is 36.4 Å². The number of ether oxygens (including phenoxy) is 1. The lowest BCUT2D eigenvalue weighted by molar-refractivity contribution is 0.0749. The molecule has 0 N–H and O–H groups in total. The first-order valence-corrected chi connectivity index (χ1v) is 7.75. The van der Waals surface area contributed by atoms with Gasteiger partial charge in [0.2, 0.25) is 0 Å². The second-order valence-corrected chi connectivity index (χ2v) is 6.38. The van der Waals surface area contributed by atoms with Gasteiger partial charge in [-0.05, 0) is 41.8 Å². The highest BCUT2D eigenvalue weighted by Crippen LogP contribution is 2.39. The molecule has 0 aromatic heterocycles. The quantitative estimate of drug-likeness (QED) is 0.740. The topological polar surface area (TPSA) is 26.3 Å². The SMILES string of the molecule is COc1ccc2cc(C(=O)C3(C)CCCCC3)ccc2c1. The molecule has 0 aliphatic heterocycles. The Kier molecular flexibility index (Phi) is 3.71. The number of methoxy groups -OCH3 is 1. The molecule has 3 rings (SSSR count). The molecule has 1 fully saturated rings. The van der Waals surface area contributed by atoms with Crippen LogP contribution < -0.4 is 4.74 Å². The molecule has 2 nitrogen and oxygen atoms in total. The van der Waals surface area contributed by atoms with E-state index in [1.807, 2.05) is 36.4 Å². The van der Waals surface area contributed by atoms with Crippen LogP contribution in [0.5, 0.6) is 5.75 Å². The minimum absolute atomic E-state index is 0.168. The molecule has 0 spiro atoms. The highest BCUT2D eigenvalue weighted by atomic mass is 16.5. The van der Waals surface area contributed by atoms with Gasteiger partial charge in [-0.3, -0.25) is 4.79 Å². The Hall–Kier alpha value is -1.83. The van der Waals surface area contributed by atoms with Crippen molar-refractivity contribution in [3.63, 3.8) is 0 Å². The molecule has 0 amide bonds. The molecule has 0 radical (unpaired) electrons. The summed E-state index contributed by atoms with van der Waals surface area (Å²) in [6.07, 6.45) is 5.65. The summed E-state index contributed by atoms with van der Waals surface area (Å²) in [5.41, 5.74) is 0.676. The zero-order valence-corrected chi connectivity index (χ0v) is 12.8. The van der Waals surface area contributed by atoms with E-state index < -0.39 is 0 Å². The fourth-order valence-corrected chi connectivity index (χ4v) is 3.40. The lowest BCUT2D eigenvalue weighted by Gasteiger charge is -2.32. The largest absolute Gasteiger partial charge is 0.497 e. The third kappa shape index (κ3) is 2.67. The second kappa shape index (κ2) is 5.51. The van der Waals surface area contributed by atoms with Crippen molar-refractivity contribution in [2.75, 3.05) is 7.11 Å². The van der Waals surface area contributed by atoms with Crippen molar-refractivity contribution < 1.29 is 9.53 Å². The fraction of sp³-hybridized carbons (Fsp3) is 0.421. The summed E-state index contributed by atoms with van der Waals surface area (Å²) >= 11 is 0. The summed E-state index contributed by atoms with van der Waals surface area (Å²) in [4.78, 5) is 12.9. The van der Waals surface area contributed by atoms with Gasteiger partial charge in [-0.1, -0.05) is 44.4 Å². The number of Topliss-reactive ketones (excluding diaryl/α,β-unsaturated/α-hetero) is 1. The van der Waals surface area contributed by atoms with E-state index in [-0.39, 0.29) is 5.41 Å². The highest BCUT2D eigenvalue weighted by Gasteiger charge is 2.34. The molecule has 0 saturated heterocycles. The predicted molar refractivity (Wildman–Crippen MR) is 86.0 cm³/mol. The molecule has 1 aliphatic carbocycles. The number of hydrogen-bond acceptors (Lipinski definition) is 2. The van der Waals surface area contributed by atoms with Gasteiger partial charge in [0.1, 0.15) is 5.75 Å². The lowest BCUT2D eigenvalue weighted by atomic mass is 9.71. The standard InChI is InChI=1S/C19H22O2/c1-19(10-4-3-5-11-19)18(20)16-7-6-15-13-17(21-2)9-8-14(15)12-16/h6-9,12-13H,3-5,10-11H2,1-2H3. The van der Waals surface area contributed by atoms with E-state index in [4.69, 9.17) is 4.74 Å². The van der Waals surface area contributed by atoms with E-state index in [1.165, 1.54) is 19.3 Å². The van der Waals surface area contributed by atoms with Crippen LogP contribution in [0.2, 0.25) is 0 Å². The number of carbonyl (C=O) groups is 1. The normalized spacial score (nSPS) is 17.6. The third-order valence-electron chi connectivity index (χ3n) is 4.81. The molecule has 1 aliphatic rings. The van der Waals surface area contributed by atoms with Crippen molar-refractivity contribution in [3.05, 3.63) is 42.0 Å². The van der Waals surface area contributed by atoms with Crippen LogP contribution in [-0.4, -0.2) is 12.9 Å². The van der Waals surface area contributed by atoms with Crippen molar-refractivity contribution in [2.24, 2.45) is 5.41 Å². The number of hydrogen-bond donors (Lipinski definition) is 0. The molecule has 0 atom stereocenters. The van der Waals surface area contributed by atoms with Crippen LogP contribution in [0.25, 0.3) is 10.8 Å².